The van der Waals surface area contributed by atoms with Crippen molar-refractivity contribution in [2.75, 3.05) is 13.1 Å². The first-order valence-electron chi connectivity index (χ1n) is 7.36. The zero-order chi connectivity index (χ0) is 12.6. The Balaban J connectivity index is 1.61. The second kappa shape index (κ2) is 7.93. The van der Waals surface area contributed by atoms with Gasteiger partial charge in [0.25, 0.3) is 0 Å². The zero-order valence-electron chi connectivity index (χ0n) is 11.3. The Morgan fingerprint density at radius 3 is 2.61 bits per heavy atom. The molecule has 1 aliphatic carbocycles. The van der Waals surface area contributed by atoms with Crippen molar-refractivity contribution in [1.29, 1.82) is 0 Å². The summed E-state index contributed by atoms with van der Waals surface area (Å²) in [5.74, 6) is 0. The molecular weight excluding hydrogens is 240 g/mol. The zero-order valence-corrected chi connectivity index (χ0v) is 12.1. The number of unbranched alkanes of at least 4 members (excludes halogenated alkanes) is 4. The van der Waals surface area contributed by atoms with E-state index in [4.69, 9.17) is 5.73 Å². The highest BCUT2D eigenvalue weighted by atomic mass is 32.1. The van der Waals surface area contributed by atoms with Gasteiger partial charge in [0.05, 0.1) is 0 Å². The van der Waals surface area contributed by atoms with E-state index in [1.165, 1.54) is 62.9 Å². The van der Waals surface area contributed by atoms with Crippen LogP contribution in [-0.2, 0) is 6.54 Å². The highest BCUT2D eigenvalue weighted by Crippen LogP contribution is 2.29. The van der Waals surface area contributed by atoms with Gasteiger partial charge in [-0.2, -0.15) is 0 Å². The van der Waals surface area contributed by atoms with Crippen LogP contribution in [0, 0.1) is 0 Å². The van der Waals surface area contributed by atoms with Crippen molar-refractivity contribution in [2.24, 2.45) is 5.73 Å². The van der Waals surface area contributed by atoms with E-state index in [9.17, 15) is 0 Å². The van der Waals surface area contributed by atoms with Crippen molar-refractivity contribution in [3.05, 3.63) is 22.4 Å². The summed E-state index contributed by atoms with van der Waals surface area (Å²) in [4.78, 5) is 4.21. The third kappa shape index (κ3) is 5.09. The summed E-state index contributed by atoms with van der Waals surface area (Å²) >= 11 is 1.89. The quantitative estimate of drug-likeness (QED) is 0.655. The lowest BCUT2D eigenvalue weighted by Crippen LogP contribution is -2.26. The van der Waals surface area contributed by atoms with Crippen LogP contribution in [0.2, 0.25) is 0 Å². The molecule has 2 N–H and O–H groups in total. The smallest absolute Gasteiger partial charge is 0.0330 e. The van der Waals surface area contributed by atoms with Gasteiger partial charge in [0.1, 0.15) is 0 Å². The van der Waals surface area contributed by atoms with Crippen molar-refractivity contribution in [2.45, 2.75) is 57.5 Å². The van der Waals surface area contributed by atoms with Gasteiger partial charge in [-0.15, -0.1) is 11.3 Å². The van der Waals surface area contributed by atoms with E-state index in [0.717, 1.165) is 12.6 Å². The van der Waals surface area contributed by atoms with Crippen molar-refractivity contribution in [1.82, 2.24) is 4.90 Å². The van der Waals surface area contributed by atoms with Gasteiger partial charge in [-0.25, -0.2) is 0 Å². The van der Waals surface area contributed by atoms with Gasteiger partial charge in [-0.1, -0.05) is 25.3 Å². The molecule has 0 aliphatic heterocycles. The van der Waals surface area contributed by atoms with Gasteiger partial charge in [0.15, 0.2) is 0 Å². The highest BCUT2D eigenvalue weighted by Gasteiger charge is 2.28. The van der Waals surface area contributed by atoms with Crippen molar-refractivity contribution in [3.63, 3.8) is 0 Å². The molecule has 1 saturated carbocycles. The molecule has 1 fully saturated rings. The summed E-state index contributed by atoms with van der Waals surface area (Å²) in [7, 11) is 0. The Labute approximate surface area is 115 Å². The lowest BCUT2D eigenvalue weighted by molar-refractivity contribution is 0.250. The molecule has 1 aromatic rings. The van der Waals surface area contributed by atoms with E-state index < -0.39 is 0 Å². The Morgan fingerprint density at radius 1 is 1.17 bits per heavy atom. The number of nitrogens with two attached hydrogens (primary N) is 1. The molecule has 0 spiro atoms. The normalized spacial score (nSPS) is 15.4. The van der Waals surface area contributed by atoms with E-state index in [2.05, 4.69) is 22.4 Å². The fraction of sp³-hybridized carbons (Fsp3) is 0.733. The Morgan fingerprint density at radius 2 is 1.94 bits per heavy atom. The summed E-state index contributed by atoms with van der Waals surface area (Å²) in [5.41, 5.74) is 5.51. The van der Waals surface area contributed by atoms with E-state index in [1.807, 2.05) is 11.3 Å². The van der Waals surface area contributed by atoms with Gasteiger partial charge in [0, 0.05) is 17.5 Å². The van der Waals surface area contributed by atoms with Crippen LogP contribution in [0.15, 0.2) is 17.5 Å². The first-order chi connectivity index (χ1) is 8.90. The topological polar surface area (TPSA) is 29.3 Å². The van der Waals surface area contributed by atoms with E-state index in [1.54, 1.807) is 0 Å². The number of nitrogens with zero attached hydrogens (tertiary/aromatic N) is 1. The fourth-order valence-electron chi connectivity index (χ4n) is 2.42. The lowest BCUT2D eigenvalue weighted by atomic mass is 10.1. The predicted molar refractivity (Wildman–Crippen MR) is 79.9 cm³/mol. The van der Waals surface area contributed by atoms with Crippen LogP contribution in [-0.4, -0.2) is 24.0 Å². The summed E-state index contributed by atoms with van der Waals surface area (Å²) < 4.78 is 0. The van der Waals surface area contributed by atoms with Crippen molar-refractivity contribution >= 4 is 11.3 Å². The van der Waals surface area contributed by atoms with E-state index in [-0.39, 0.29) is 0 Å². The van der Waals surface area contributed by atoms with Gasteiger partial charge < -0.3 is 5.73 Å². The maximum Gasteiger partial charge on any atom is 0.0330 e. The molecule has 0 amide bonds. The van der Waals surface area contributed by atoms with Crippen molar-refractivity contribution in [3.8, 4) is 0 Å². The average Bonchev–Trinajstić information content (AvgIpc) is 3.10. The number of thiophene rings is 1. The molecular formula is C15H26N2S. The Hall–Kier alpha value is -0.380. The minimum Gasteiger partial charge on any atom is -0.330 e. The number of hydrogen-bond acceptors (Lipinski definition) is 3. The molecule has 0 radical (unpaired) electrons. The third-order valence-corrected chi connectivity index (χ3v) is 4.51. The maximum absolute atomic E-state index is 5.51. The number of hydrogen-bond donors (Lipinski definition) is 1. The minimum atomic E-state index is 0.854. The summed E-state index contributed by atoms with van der Waals surface area (Å²) in [6, 6.07) is 5.32. The van der Waals surface area contributed by atoms with Crippen LogP contribution in [0.5, 0.6) is 0 Å². The average molecular weight is 266 g/mol. The van der Waals surface area contributed by atoms with Gasteiger partial charge >= 0.3 is 0 Å². The maximum atomic E-state index is 5.51. The SMILES string of the molecule is NCCCCCCCN(Cc1cccs1)C1CC1. The Kier molecular flexibility index (Phi) is 6.18. The molecule has 2 rings (SSSR count). The molecule has 1 heterocycles. The van der Waals surface area contributed by atoms with Crippen LogP contribution in [0.25, 0.3) is 0 Å². The largest absolute Gasteiger partial charge is 0.330 e. The van der Waals surface area contributed by atoms with Crippen LogP contribution in [0.1, 0.15) is 49.8 Å². The van der Waals surface area contributed by atoms with Crippen molar-refractivity contribution < 1.29 is 0 Å². The fourth-order valence-corrected chi connectivity index (χ4v) is 3.15. The van der Waals surface area contributed by atoms with Crippen LogP contribution in [0.4, 0.5) is 0 Å². The lowest BCUT2D eigenvalue weighted by Gasteiger charge is -2.21. The molecule has 1 aromatic heterocycles. The first kappa shape index (κ1) is 14.0. The summed E-state index contributed by atoms with van der Waals surface area (Å²) in [5, 5.41) is 2.19. The minimum absolute atomic E-state index is 0.854. The molecule has 0 aromatic carbocycles. The molecule has 1 aliphatic rings. The van der Waals surface area contributed by atoms with E-state index in [0.29, 0.717) is 0 Å². The standard InChI is InChI=1S/C15H26N2S/c16-10-4-2-1-3-5-11-17(14-8-9-14)13-15-7-6-12-18-15/h6-7,12,14H,1-5,8-11,13,16H2. The Bertz CT molecular complexity index is 306. The molecule has 0 saturated heterocycles. The predicted octanol–water partition coefficient (Wildman–Crippen LogP) is 3.62. The molecule has 0 unspecified atom stereocenters. The van der Waals surface area contributed by atoms with Gasteiger partial charge in [-0.05, 0) is 50.2 Å². The molecule has 0 atom stereocenters. The van der Waals surface area contributed by atoms with Crippen LogP contribution < -0.4 is 5.73 Å². The molecule has 3 heteroatoms. The molecule has 18 heavy (non-hydrogen) atoms. The van der Waals surface area contributed by atoms with E-state index >= 15 is 0 Å². The van der Waals surface area contributed by atoms with Crippen LogP contribution in [0.3, 0.4) is 0 Å². The second-order valence-electron chi connectivity index (χ2n) is 5.34. The number of rotatable bonds is 10. The third-order valence-electron chi connectivity index (χ3n) is 3.65. The van der Waals surface area contributed by atoms with Crippen LogP contribution >= 0.6 is 11.3 Å². The van der Waals surface area contributed by atoms with Gasteiger partial charge in [0.2, 0.25) is 0 Å². The summed E-state index contributed by atoms with van der Waals surface area (Å²) in [6.07, 6.45) is 9.41. The highest BCUT2D eigenvalue weighted by molar-refractivity contribution is 7.09. The van der Waals surface area contributed by atoms with Gasteiger partial charge in [-0.3, -0.25) is 4.90 Å². The second-order valence-corrected chi connectivity index (χ2v) is 6.37. The molecule has 102 valence electrons. The molecule has 0 bridgehead atoms. The first-order valence-corrected chi connectivity index (χ1v) is 8.24. The monoisotopic (exact) mass is 266 g/mol. The molecule has 2 nitrogen and oxygen atoms in total. The summed E-state index contributed by atoms with van der Waals surface area (Å²) in [6.45, 7) is 3.31.